The number of nitrogens with one attached hydrogen (secondary N) is 1. The fourth-order valence-electron chi connectivity index (χ4n) is 3.23. The molecule has 2 heterocycles. The van der Waals surface area contributed by atoms with E-state index in [0.29, 0.717) is 11.3 Å². The highest BCUT2D eigenvalue weighted by Gasteiger charge is 2.34. The summed E-state index contributed by atoms with van der Waals surface area (Å²) >= 11 is 0. The molecule has 0 spiro atoms. The van der Waals surface area contributed by atoms with Crippen LogP contribution >= 0.6 is 0 Å². The lowest BCUT2D eigenvalue weighted by molar-refractivity contribution is -0.384. The molecule has 1 aliphatic rings. The predicted octanol–water partition coefficient (Wildman–Crippen LogP) is 4.10. The Kier molecular flexibility index (Phi) is 5.42. The van der Waals surface area contributed by atoms with E-state index in [1.165, 1.54) is 49.6 Å². The standard InChI is InChI=1S/C22H16FN3O6/c1-31-19-8-6-14(26(29)30)10-16(19)20-9-7-15(32-20)11-18-21(27)25(22(28)24-18)12-13-4-2-3-5-17(13)23/h2-11H,12H2,1H3,(H,24,28). The van der Waals surface area contributed by atoms with Crippen molar-refractivity contribution in [3.05, 3.63) is 87.5 Å². The Morgan fingerprint density at radius 1 is 1.19 bits per heavy atom. The van der Waals surface area contributed by atoms with Crippen LogP contribution in [0.1, 0.15) is 11.3 Å². The molecular formula is C22H16FN3O6. The number of furan rings is 1. The molecule has 3 amide bonds. The van der Waals surface area contributed by atoms with Crippen molar-refractivity contribution in [2.24, 2.45) is 0 Å². The van der Waals surface area contributed by atoms with Gasteiger partial charge in [-0.25, -0.2) is 9.18 Å². The van der Waals surface area contributed by atoms with E-state index in [9.17, 15) is 24.1 Å². The number of imide groups is 1. The molecule has 162 valence electrons. The van der Waals surface area contributed by atoms with Crippen molar-refractivity contribution in [1.82, 2.24) is 10.2 Å². The fraction of sp³-hybridized carbons (Fsp3) is 0.0909. The number of nitro benzene ring substituents is 1. The topological polar surface area (TPSA) is 115 Å². The molecule has 0 aliphatic carbocycles. The fourth-order valence-corrected chi connectivity index (χ4v) is 3.23. The van der Waals surface area contributed by atoms with Crippen LogP contribution in [0, 0.1) is 15.9 Å². The van der Waals surface area contributed by atoms with Gasteiger partial charge >= 0.3 is 6.03 Å². The van der Waals surface area contributed by atoms with Gasteiger partial charge in [-0.2, -0.15) is 0 Å². The summed E-state index contributed by atoms with van der Waals surface area (Å²) in [4.78, 5) is 36.3. The Hall–Kier alpha value is -4.47. The summed E-state index contributed by atoms with van der Waals surface area (Å²) in [6, 6.07) is 12.4. The van der Waals surface area contributed by atoms with E-state index in [1.54, 1.807) is 18.2 Å². The smallest absolute Gasteiger partial charge is 0.329 e. The number of amides is 3. The molecular weight excluding hydrogens is 421 g/mol. The van der Waals surface area contributed by atoms with E-state index >= 15 is 0 Å². The maximum absolute atomic E-state index is 13.9. The number of nitrogens with zero attached hydrogens (tertiary/aromatic N) is 2. The van der Waals surface area contributed by atoms with E-state index in [0.717, 1.165) is 4.90 Å². The molecule has 1 fully saturated rings. The molecule has 0 atom stereocenters. The molecule has 10 heteroatoms. The summed E-state index contributed by atoms with van der Waals surface area (Å²) < 4.78 is 24.8. The van der Waals surface area contributed by atoms with E-state index in [2.05, 4.69) is 5.32 Å². The second-order valence-electron chi connectivity index (χ2n) is 6.81. The van der Waals surface area contributed by atoms with Crippen molar-refractivity contribution in [2.45, 2.75) is 6.54 Å². The number of urea groups is 1. The first-order chi connectivity index (χ1) is 15.4. The maximum Gasteiger partial charge on any atom is 0.329 e. The average Bonchev–Trinajstić information content (AvgIpc) is 3.35. The van der Waals surface area contributed by atoms with Crippen LogP contribution in [0.3, 0.4) is 0 Å². The Bertz CT molecular complexity index is 1270. The number of carbonyl (C=O) groups is 2. The van der Waals surface area contributed by atoms with Crippen molar-refractivity contribution in [2.75, 3.05) is 7.11 Å². The highest BCUT2D eigenvalue weighted by Crippen LogP contribution is 2.35. The summed E-state index contributed by atoms with van der Waals surface area (Å²) in [6.07, 6.45) is 1.33. The van der Waals surface area contributed by atoms with Gasteiger partial charge in [-0.05, 0) is 24.3 Å². The largest absolute Gasteiger partial charge is 0.496 e. The highest BCUT2D eigenvalue weighted by atomic mass is 19.1. The van der Waals surface area contributed by atoms with Crippen molar-refractivity contribution < 1.29 is 28.1 Å². The van der Waals surface area contributed by atoms with Crippen LogP contribution in [0.15, 0.2) is 64.7 Å². The second kappa shape index (κ2) is 8.34. The minimum absolute atomic E-state index is 0.0433. The Morgan fingerprint density at radius 3 is 2.69 bits per heavy atom. The number of carbonyl (C=O) groups excluding carboxylic acids is 2. The van der Waals surface area contributed by atoms with Gasteiger partial charge in [0.2, 0.25) is 0 Å². The minimum atomic E-state index is -0.684. The number of rotatable bonds is 6. The zero-order valence-electron chi connectivity index (χ0n) is 16.7. The molecule has 3 aromatic rings. The van der Waals surface area contributed by atoms with Crippen molar-refractivity contribution in [3.8, 4) is 17.1 Å². The number of benzene rings is 2. The highest BCUT2D eigenvalue weighted by molar-refractivity contribution is 6.13. The third kappa shape index (κ3) is 3.93. The third-order valence-electron chi connectivity index (χ3n) is 4.82. The number of nitro groups is 1. The molecule has 1 aromatic heterocycles. The molecule has 1 aliphatic heterocycles. The molecule has 32 heavy (non-hydrogen) atoms. The summed E-state index contributed by atoms with van der Waals surface area (Å²) in [6.45, 7) is -0.219. The van der Waals surface area contributed by atoms with E-state index in [-0.39, 0.29) is 35.0 Å². The van der Waals surface area contributed by atoms with Crippen molar-refractivity contribution in [1.29, 1.82) is 0 Å². The van der Waals surface area contributed by atoms with Crippen LogP contribution in [0.2, 0.25) is 0 Å². The number of halogens is 1. The van der Waals surface area contributed by atoms with Crippen LogP contribution < -0.4 is 10.1 Å². The number of non-ortho nitro benzene ring substituents is 1. The van der Waals surface area contributed by atoms with Gasteiger partial charge in [-0.3, -0.25) is 19.8 Å². The molecule has 4 rings (SSSR count). The number of hydrogen-bond acceptors (Lipinski definition) is 6. The lowest BCUT2D eigenvalue weighted by Crippen LogP contribution is -2.30. The first kappa shape index (κ1) is 20.8. The van der Waals surface area contributed by atoms with Gasteiger partial charge in [0.25, 0.3) is 11.6 Å². The van der Waals surface area contributed by atoms with Crippen LogP contribution in [0.5, 0.6) is 5.75 Å². The molecule has 2 aromatic carbocycles. The van der Waals surface area contributed by atoms with Gasteiger partial charge in [0.05, 0.1) is 24.1 Å². The maximum atomic E-state index is 13.9. The van der Waals surface area contributed by atoms with E-state index in [4.69, 9.17) is 9.15 Å². The lowest BCUT2D eigenvalue weighted by Gasteiger charge is -2.12. The normalized spacial score (nSPS) is 14.7. The average molecular weight is 437 g/mol. The van der Waals surface area contributed by atoms with Gasteiger partial charge in [-0.15, -0.1) is 0 Å². The molecule has 0 radical (unpaired) electrons. The Labute approximate surface area is 180 Å². The van der Waals surface area contributed by atoms with Crippen LogP contribution in [0.25, 0.3) is 17.4 Å². The molecule has 9 nitrogen and oxygen atoms in total. The van der Waals surface area contributed by atoms with Crippen molar-refractivity contribution in [3.63, 3.8) is 0 Å². The van der Waals surface area contributed by atoms with Gasteiger partial charge in [-0.1, -0.05) is 18.2 Å². The SMILES string of the molecule is COc1ccc([N+](=O)[O-])cc1-c1ccc(C=C2NC(=O)N(Cc3ccccc3F)C2=O)o1. The summed E-state index contributed by atoms with van der Waals surface area (Å²) in [5.74, 6) is -0.288. The van der Waals surface area contributed by atoms with Crippen LogP contribution in [-0.2, 0) is 11.3 Å². The van der Waals surface area contributed by atoms with Gasteiger partial charge in [0, 0.05) is 23.8 Å². The summed E-state index contributed by atoms with van der Waals surface area (Å²) in [7, 11) is 1.42. The quantitative estimate of drug-likeness (QED) is 0.269. The van der Waals surface area contributed by atoms with Gasteiger partial charge in [0.1, 0.15) is 28.8 Å². The Balaban J connectivity index is 1.59. The van der Waals surface area contributed by atoms with Crippen LogP contribution in [-0.4, -0.2) is 28.9 Å². The monoisotopic (exact) mass is 437 g/mol. The first-order valence-corrected chi connectivity index (χ1v) is 9.38. The molecule has 0 unspecified atom stereocenters. The molecule has 1 saturated heterocycles. The molecule has 0 bridgehead atoms. The number of hydrogen-bond donors (Lipinski definition) is 1. The third-order valence-corrected chi connectivity index (χ3v) is 4.82. The summed E-state index contributed by atoms with van der Waals surface area (Å²) in [5.41, 5.74) is 0.377. The number of ether oxygens (including phenoxy) is 1. The lowest BCUT2D eigenvalue weighted by atomic mass is 10.1. The minimum Gasteiger partial charge on any atom is -0.496 e. The van der Waals surface area contributed by atoms with Gasteiger partial charge < -0.3 is 14.5 Å². The number of methoxy groups -OCH3 is 1. The molecule has 1 N–H and O–H groups in total. The zero-order valence-corrected chi connectivity index (χ0v) is 16.7. The molecule has 0 saturated carbocycles. The second-order valence-corrected chi connectivity index (χ2v) is 6.81. The predicted molar refractivity (Wildman–Crippen MR) is 111 cm³/mol. The van der Waals surface area contributed by atoms with Crippen LogP contribution in [0.4, 0.5) is 14.9 Å². The van der Waals surface area contributed by atoms with Crippen molar-refractivity contribution >= 4 is 23.7 Å². The van der Waals surface area contributed by atoms with E-state index < -0.39 is 22.7 Å². The zero-order chi connectivity index (χ0) is 22.8. The van der Waals surface area contributed by atoms with E-state index in [1.807, 2.05) is 0 Å². The Morgan fingerprint density at radius 2 is 1.97 bits per heavy atom. The first-order valence-electron chi connectivity index (χ1n) is 9.38. The summed E-state index contributed by atoms with van der Waals surface area (Å²) in [5, 5.41) is 13.5. The van der Waals surface area contributed by atoms with Gasteiger partial charge in [0.15, 0.2) is 0 Å².